The van der Waals surface area contributed by atoms with E-state index in [4.69, 9.17) is 35.0 Å². The molecule has 1 aromatic heterocycles. The van der Waals surface area contributed by atoms with Crippen LogP contribution in [0.2, 0.25) is 5.02 Å². The number of alkyl halides is 3. The fraction of sp³-hybridized carbons (Fsp3) is 0.188. The molecule has 5 nitrogen and oxygen atoms in total. The highest BCUT2D eigenvalue weighted by Crippen LogP contribution is 2.37. The standard InChI is InChI=1S/C16H11ClF4N2O3.2F2/c1-7(18)13-12(16(19,20)21)14(23(2)22-13)11(24)6-8-3-4-10(17)9(5-8)15(25)26;2*1-2/h3-5H,1,6H2,2H3,(H,25,26);;. The first-order chi connectivity index (χ1) is 13.9. The Morgan fingerprint density at radius 2 is 1.73 bits per heavy atom. The van der Waals surface area contributed by atoms with Gasteiger partial charge in [-0.05, 0) is 17.7 Å². The van der Waals surface area contributed by atoms with Crippen LogP contribution in [0.4, 0.5) is 35.9 Å². The molecular formula is C16H11ClF8N2O3. The molecule has 1 heterocycles. The van der Waals surface area contributed by atoms with Crippen LogP contribution < -0.4 is 0 Å². The van der Waals surface area contributed by atoms with E-state index in [-0.39, 0.29) is 16.1 Å². The molecular weight excluding hydrogens is 456 g/mol. The molecule has 2 aromatic rings. The summed E-state index contributed by atoms with van der Waals surface area (Å²) in [6.07, 6.45) is -5.59. The molecule has 0 aliphatic rings. The van der Waals surface area contributed by atoms with Gasteiger partial charge in [0.1, 0.15) is 22.8 Å². The van der Waals surface area contributed by atoms with Gasteiger partial charge in [0.15, 0.2) is 5.78 Å². The van der Waals surface area contributed by atoms with Gasteiger partial charge in [0.2, 0.25) is 0 Å². The van der Waals surface area contributed by atoms with Crippen molar-refractivity contribution in [3.05, 3.63) is 57.9 Å². The number of nitrogens with zero attached hydrogens (tertiary/aromatic N) is 2. The average Bonchev–Trinajstić information content (AvgIpc) is 3.04. The second-order valence-electron chi connectivity index (χ2n) is 5.32. The summed E-state index contributed by atoms with van der Waals surface area (Å²) in [6.45, 7) is 2.80. The van der Waals surface area contributed by atoms with Crippen LogP contribution in [0.3, 0.4) is 0 Å². The molecule has 0 fully saturated rings. The predicted octanol–water partition coefficient (Wildman–Crippen LogP) is 5.84. The fourth-order valence-electron chi connectivity index (χ4n) is 2.42. The number of ketones is 1. The van der Waals surface area contributed by atoms with Crippen LogP contribution in [-0.2, 0) is 19.6 Å². The SMILES string of the molecule is C=C(F)c1nn(C)c(C(=O)Cc2ccc(Cl)c(C(=O)O)c2)c1C(F)(F)F.FF.FF. The maximum atomic E-state index is 13.3. The smallest absolute Gasteiger partial charge is 0.420 e. The van der Waals surface area contributed by atoms with E-state index < -0.39 is 47.1 Å². The molecule has 0 spiro atoms. The van der Waals surface area contributed by atoms with Crippen molar-refractivity contribution in [1.29, 1.82) is 0 Å². The normalized spacial score (nSPS) is 10.3. The largest absolute Gasteiger partial charge is 0.478 e. The van der Waals surface area contributed by atoms with Gasteiger partial charge in [0, 0.05) is 31.8 Å². The van der Waals surface area contributed by atoms with Gasteiger partial charge in [0.05, 0.1) is 10.6 Å². The van der Waals surface area contributed by atoms with Crippen molar-refractivity contribution >= 4 is 29.2 Å². The van der Waals surface area contributed by atoms with Crippen LogP contribution in [0.1, 0.15) is 37.7 Å². The van der Waals surface area contributed by atoms with Crippen LogP contribution in [0.25, 0.3) is 5.83 Å². The lowest BCUT2D eigenvalue weighted by Crippen LogP contribution is -2.17. The molecule has 166 valence electrons. The highest BCUT2D eigenvalue weighted by molar-refractivity contribution is 6.33. The summed E-state index contributed by atoms with van der Waals surface area (Å²) in [5.41, 5.74) is -3.60. The summed E-state index contributed by atoms with van der Waals surface area (Å²) < 4.78 is 85.8. The van der Waals surface area contributed by atoms with Crippen LogP contribution >= 0.6 is 11.6 Å². The van der Waals surface area contributed by atoms with E-state index >= 15 is 0 Å². The summed E-state index contributed by atoms with van der Waals surface area (Å²) in [5.74, 6) is -3.79. The Morgan fingerprint density at radius 3 is 2.17 bits per heavy atom. The third-order valence-electron chi connectivity index (χ3n) is 3.48. The van der Waals surface area contributed by atoms with E-state index in [1.807, 2.05) is 0 Å². The number of carboxylic acid groups (broad SMARTS) is 1. The van der Waals surface area contributed by atoms with Crippen molar-refractivity contribution in [3.63, 3.8) is 0 Å². The molecule has 1 aromatic carbocycles. The Hall–Kier alpha value is -2.96. The zero-order valence-corrected chi connectivity index (χ0v) is 15.5. The van der Waals surface area contributed by atoms with E-state index in [0.29, 0.717) is 4.68 Å². The maximum absolute atomic E-state index is 13.3. The first-order valence-corrected chi connectivity index (χ1v) is 7.63. The summed E-state index contributed by atoms with van der Waals surface area (Å²) in [7, 11) is 1.07. The minimum Gasteiger partial charge on any atom is -0.478 e. The third-order valence-corrected chi connectivity index (χ3v) is 3.81. The van der Waals surface area contributed by atoms with E-state index in [1.165, 1.54) is 12.1 Å². The molecule has 0 atom stereocenters. The van der Waals surface area contributed by atoms with Crippen LogP contribution in [-0.4, -0.2) is 26.6 Å². The lowest BCUT2D eigenvalue weighted by atomic mass is 10.0. The Bertz CT molecular complexity index is 928. The molecule has 30 heavy (non-hydrogen) atoms. The van der Waals surface area contributed by atoms with Gasteiger partial charge in [-0.3, -0.25) is 9.48 Å². The number of carbonyl (C=O) groups excluding carboxylic acids is 1. The minimum atomic E-state index is -5.03. The highest BCUT2D eigenvalue weighted by atomic mass is 35.5. The molecule has 0 saturated heterocycles. The minimum absolute atomic E-state index is 0.0822. The molecule has 0 saturated carbocycles. The van der Waals surface area contributed by atoms with E-state index in [2.05, 4.69) is 11.7 Å². The molecule has 14 heteroatoms. The van der Waals surface area contributed by atoms with Crippen LogP contribution in [0, 0.1) is 0 Å². The molecule has 0 aliphatic carbocycles. The van der Waals surface area contributed by atoms with Crippen molar-refractivity contribution in [3.8, 4) is 0 Å². The number of benzene rings is 1. The van der Waals surface area contributed by atoms with Crippen molar-refractivity contribution in [2.24, 2.45) is 7.05 Å². The topological polar surface area (TPSA) is 72.2 Å². The number of aryl methyl sites for hydroxylation is 1. The van der Waals surface area contributed by atoms with Gasteiger partial charge in [-0.25, -0.2) is 9.18 Å². The van der Waals surface area contributed by atoms with Gasteiger partial charge in [0.25, 0.3) is 0 Å². The Morgan fingerprint density at radius 1 is 1.20 bits per heavy atom. The number of hydrogen-bond donors (Lipinski definition) is 1. The number of carboxylic acids is 1. The summed E-state index contributed by atoms with van der Waals surface area (Å²) >= 11 is 5.71. The summed E-state index contributed by atoms with van der Waals surface area (Å²) in [5, 5.41) is 12.3. The van der Waals surface area contributed by atoms with Gasteiger partial charge in [-0.15, -0.1) is 0 Å². The molecule has 0 bridgehead atoms. The summed E-state index contributed by atoms with van der Waals surface area (Å²) in [6, 6.07) is 3.61. The number of rotatable bonds is 5. The number of Topliss-reactive ketones (excluding diaryl/α,β-unsaturated/α-hetero) is 1. The Labute approximate surface area is 167 Å². The maximum Gasteiger partial charge on any atom is 0.420 e. The lowest BCUT2D eigenvalue weighted by Gasteiger charge is -2.10. The Balaban J connectivity index is 0.00000198. The first kappa shape index (κ1) is 27.0. The molecule has 0 unspecified atom stereocenters. The van der Waals surface area contributed by atoms with Crippen molar-refractivity contribution in [1.82, 2.24) is 9.78 Å². The number of aromatic carboxylic acids is 1. The second-order valence-corrected chi connectivity index (χ2v) is 5.72. The Kier molecular flexibility index (Phi) is 10.2. The molecule has 2 rings (SSSR count). The van der Waals surface area contributed by atoms with E-state index in [1.54, 1.807) is 0 Å². The molecule has 1 N–H and O–H groups in total. The van der Waals surface area contributed by atoms with Crippen molar-refractivity contribution in [2.45, 2.75) is 12.6 Å². The average molecular weight is 467 g/mol. The highest BCUT2D eigenvalue weighted by Gasteiger charge is 2.42. The second kappa shape index (κ2) is 11.3. The number of hydrogen-bond acceptors (Lipinski definition) is 3. The van der Waals surface area contributed by atoms with Crippen molar-refractivity contribution in [2.75, 3.05) is 0 Å². The molecule has 0 amide bonds. The predicted molar refractivity (Wildman–Crippen MR) is 89.2 cm³/mol. The monoisotopic (exact) mass is 466 g/mol. The number of halogens is 9. The van der Waals surface area contributed by atoms with Gasteiger partial charge >= 0.3 is 12.1 Å². The molecule has 0 aliphatic heterocycles. The van der Waals surface area contributed by atoms with Gasteiger partial charge in [-0.1, -0.05) is 24.2 Å². The van der Waals surface area contributed by atoms with Crippen LogP contribution in [0.15, 0.2) is 24.8 Å². The quantitative estimate of drug-likeness (QED) is 0.444. The first-order valence-electron chi connectivity index (χ1n) is 7.26. The fourth-order valence-corrected chi connectivity index (χ4v) is 2.62. The van der Waals surface area contributed by atoms with Gasteiger partial charge < -0.3 is 5.11 Å². The third kappa shape index (κ3) is 6.27. The summed E-state index contributed by atoms with van der Waals surface area (Å²) in [4.78, 5) is 23.5. The van der Waals surface area contributed by atoms with Gasteiger partial charge in [-0.2, -0.15) is 18.3 Å². The zero-order valence-electron chi connectivity index (χ0n) is 14.7. The lowest BCUT2D eigenvalue weighted by molar-refractivity contribution is -0.138. The molecule has 0 radical (unpaired) electrons. The van der Waals surface area contributed by atoms with E-state index in [9.17, 15) is 27.2 Å². The zero-order chi connectivity index (χ0) is 23.8. The number of aromatic nitrogens is 2. The van der Waals surface area contributed by atoms with E-state index in [0.717, 1.165) is 13.1 Å². The number of carbonyl (C=O) groups is 2. The van der Waals surface area contributed by atoms with Crippen LogP contribution in [0.5, 0.6) is 0 Å². The van der Waals surface area contributed by atoms with Crippen molar-refractivity contribution < 1.29 is 50.6 Å².